The molecule has 0 unspecified atom stereocenters. The van der Waals surface area contributed by atoms with Gasteiger partial charge in [0.15, 0.2) is 0 Å². The van der Waals surface area contributed by atoms with Gasteiger partial charge >= 0.3 is 0 Å². The van der Waals surface area contributed by atoms with E-state index in [1.165, 1.54) is 11.1 Å². The zero-order valence-electron chi connectivity index (χ0n) is 12.0. The van der Waals surface area contributed by atoms with Crippen LogP contribution < -0.4 is 4.90 Å². The first-order chi connectivity index (χ1) is 9.68. The predicted molar refractivity (Wildman–Crippen MR) is 82.4 cm³/mol. The summed E-state index contributed by atoms with van der Waals surface area (Å²) in [6.45, 7) is 4.89. The van der Waals surface area contributed by atoms with Crippen LogP contribution in [0.25, 0.3) is 0 Å². The van der Waals surface area contributed by atoms with Gasteiger partial charge in [-0.3, -0.25) is 4.79 Å². The number of fused-ring (bicyclic) bond motifs is 1. The fourth-order valence-corrected chi connectivity index (χ4v) is 3.01. The Bertz CT molecular complexity index is 660. The molecule has 0 aliphatic carbocycles. The van der Waals surface area contributed by atoms with E-state index in [1.54, 1.807) is 0 Å². The van der Waals surface area contributed by atoms with E-state index < -0.39 is 0 Å². The highest BCUT2D eigenvalue weighted by Gasteiger charge is 2.25. The Kier molecular flexibility index (Phi) is 3.31. The third kappa shape index (κ3) is 2.11. The van der Waals surface area contributed by atoms with Gasteiger partial charge in [0.1, 0.15) is 0 Å². The van der Waals surface area contributed by atoms with Crippen molar-refractivity contribution in [3.63, 3.8) is 0 Å². The van der Waals surface area contributed by atoms with Crippen molar-refractivity contribution in [3.8, 4) is 0 Å². The molecule has 1 heterocycles. The second kappa shape index (κ2) is 5.12. The molecule has 3 rings (SSSR count). The van der Waals surface area contributed by atoms with E-state index in [0.717, 1.165) is 36.2 Å². The van der Waals surface area contributed by atoms with E-state index >= 15 is 0 Å². The van der Waals surface area contributed by atoms with Gasteiger partial charge in [0, 0.05) is 12.1 Å². The number of carbonyl (C=O) groups excluding carboxylic acids is 1. The van der Waals surface area contributed by atoms with E-state index in [2.05, 4.69) is 25.1 Å². The van der Waals surface area contributed by atoms with Crippen LogP contribution in [-0.4, -0.2) is 12.5 Å². The lowest BCUT2D eigenvalue weighted by atomic mass is 9.97. The lowest BCUT2D eigenvalue weighted by molar-refractivity contribution is 0.0984. The molecule has 0 spiro atoms. The summed E-state index contributed by atoms with van der Waals surface area (Å²) in [5.74, 6) is 0.123. The zero-order chi connectivity index (χ0) is 14.1. The molecule has 0 fully saturated rings. The van der Waals surface area contributed by atoms with Crippen LogP contribution in [0.4, 0.5) is 5.69 Å². The van der Waals surface area contributed by atoms with Crippen molar-refractivity contribution in [3.05, 3.63) is 64.7 Å². The molecule has 102 valence electrons. The largest absolute Gasteiger partial charge is 0.308 e. The van der Waals surface area contributed by atoms with Crippen molar-refractivity contribution in [2.24, 2.45) is 0 Å². The normalized spacial score (nSPS) is 14.0. The molecule has 0 bridgehead atoms. The topological polar surface area (TPSA) is 20.3 Å². The molecule has 2 aromatic carbocycles. The van der Waals surface area contributed by atoms with Crippen molar-refractivity contribution in [2.45, 2.75) is 26.7 Å². The Morgan fingerprint density at radius 3 is 2.55 bits per heavy atom. The maximum absolute atomic E-state index is 12.9. The van der Waals surface area contributed by atoms with Crippen LogP contribution in [0.1, 0.15) is 33.5 Å². The van der Waals surface area contributed by atoms with Crippen LogP contribution in [0.3, 0.4) is 0 Å². The molecule has 0 saturated heterocycles. The minimum absolute atomic E-state index is 0.123. The van der Waals surface area contributed by atoms with Gasteiger partial charge in [0.2, 0.25) is 0 Å². The van der Waals surface area contributed by atoms with Crippen molar-refractivity contribution >= 4 is 11.6 Å². The van der Waals surface area contributed by atoms with E-state index in [-0.39, 0.29) is 5.91 Å². The first-order valence-electron chi connectivity index (χ1n) is 7.14. The fraction of sp³-hybridized carbons (Fsp3) is 0.278. The van der Waals surface area contributed by atoms with Gasteiger partial charge in [0.25, 0.3) is 5.91 Å². The van der Waals surface area contributed by atoms with Gasteiger partial charge in [0.05, 0.1) is 5.69 Å². The fourth-order valence-electron chi connectivity index (χ4n) is 3.01. The first-order valence-corrected chi connectivity index (χ1v) is 7.14. The lowest BCUT2D eigenvalue weighted by Crippen LogP contribution is -2.36. The Hall–Kier alpha value is -2.09. The number of para-hydroxylation sites is 1. The smallest absolute Gasteiger partial charge is 0.258 e. The highest BCUT2D eigenvalue weighted by atomic mass is 16.2. The highest BCUT2D eigenvalue weighted by Crippen LogP contribution is 2.31. The Morgan fingerprint density at radius 1 is 1.00 bits per heavy atom. The molecule has 1 amide bonds. The van der Waals surface area contributed by atoms with E-state index in [0.29, 0.717) is 0 Å². The average molecular weight is 265 g/mol. The van der Waals surface area contributed by atoms with Crippen LogP contribution >= 0.6 is 0 Å². The molecule has 0 atom stereocenters. The number of nitrogens with zero attached hydrogens (tertiary/aromatic N) is 1. The van der Waals surface area contributed by atoms with Gasteiger partial charge in [-0.05, 0) is 49.4 Å². The molecular weight excluding hydrogens is 246 g/mol. The summed E-state index contributed by atoms with van der Waals surface area (Å²) in [7, 11) is 0. The minimum Gasteiger partial charge on any atom is -0.308 e. The van der Waals surface area contributed by atoms with Gasteiger partial charge < -0.3 is 4.90 Å². The molecule has 0 radical (unpaired) electrons. The molecule has 2 heteroatoms. The third-order valence-corrected chi connectivity index (χ3v) is 4.04. The SMILES string of the molecule is Cc1ccccc1C(=O)N1CCCc2cccc(C)c21. The van der Waals surface area contributed by atoms with Crippen molar-refractivity contribution in [2.75, 3.05) is 11.4 Å². The third-order valence-electron chi connectivity index (χ3n) is 4.04. The molecule has 2 nitrogen and oxygen atoms in total. The van der Waals surface area contributed by atoms with Crippen LogP contribution in [0, 0.1) is 13.8 Å². The maximum atomic E-state index is 12.9. The number of hydrogen-bond donors (Lipinski definition) is 0. The van der Waals surface area contributed by atoms with E-state index in [1.807, 2.05) is 36.1 Å². The number of rotatable bonds is 1. The second-order valence-corrected chi connectivity index (χ2v) is 5.46. The van der Waals surface area contributed by atoms with Crippen molar-refractivity contribution < 1.29 is 4.79 Å². The summed E-state index contributed by atoms with van der Waals surface area (Å²) >= 11 is 0. The summed E-state index contributed by atoms with van der Waals surface area (Å²) in [6.07, 6.45) is 2.10. The quantitative estimate of drug-likeness (QED) is 0.766. The molecule has 0 aromatic heterocycles. The molecule has 0 N–H and O–H groups in total. The van der Waals surface area contributed by atoms with E-state index in [4.69, 9.17) is 0 Å². The summed E-state index contributed by atoms with van der Waals surface area (Å²) in [4.78, 5) is 14.8. The lowest BCUT2D eigenvalue weighted by Gasteiger charge is -2.31. The molecule has 1 aliphatic rings. The van der Waals surface area contributed by atoms with Crippen LogP contribution in [0.15, 0.2) is 42.5 Å². The van der Waals surface area contributed by atoms with Crippen molar-refractivity contribution in [1.82, 2.24) is 0 Å². The summed E-state index contributed by atoms with van der Waals surface area (Å²) < 4.78 is 0. The predicted octanol–water partition coefficient (Wildman–Crippen LogP) is 3.90. The van der Waals surface area contributed by atoms with Crippen LogP contribution in [0.5, 0.6) is 0 Å². The summed E-state index contributed by atoms with van der Waals surface area (Å²) in [5.41, 5.74) is 5.44. The second-order valence-electron chi connectivity index (χ2n) is 5.46. The van der Waals surface area contributed by atoms with Crippen LogP contribution in [-0.2, 0) is 6.42 Å². The summed E-state index contributed by atoms with van der Waals surface area (Å²) in [6, 6.07) is 14.1. The van der Waals surface area contributed by atoms with Crippen LogP contribution in [0.2, 0.25) is 0 Å². The molecule has 1 aliphatic heterocycles. The molecule has 2 aromatic rings. The minimum atomic E-state index is 0.123. The Balaban J connectivity index is 2.05. The standard InChI is InChI=1S/C18H19NO/c1-13-7-3-4-11-16(13)18(20)19-12-6-10-15-9-5-8-14(2)17(15)19/h3-5,7-9,11H,6,10,12H2,1-2H3. The van der Waals surface area contributed by atoms with Gasteiger partial charge in [-0.15, -0.1) is 0 Å². The number of hydrogen-bond acceptors (Lipinski definition) is 1. The number of aryl methyl sites for hydroxylation is 3. The average Bonchev–Trinajstić information content (AvgIpc) is 2.47. The van der Waals surface area contributed by atoms with Crippen molar-refractivity contribution in [1.29, 1.82) is 0 Å². The van der Waals surface area contributed by atoms with Gasteiger partial charge in [-0.1, -0.05) is 36.4 Å². The number of benzene rings is 2. The highest BCUT2D eigenvalue weighted by molar-refractivity contribution is 6.08. The monoisotopic (exact) mass is 265 g/mol. The number of carbonyl (C=O) groups is 1. The van der Waals surface area contributed by atoms with Gasteiger partial charge in [-0.2, -0.15) is 0 Å². The Morgan fingerprint density at radius 2 is 1.75 bits per heavy atom. The molecular formula is C18H19NO. The zero-order valence-corrected chi connectivity index (χ0v) is 12.0. The molecule has 0 saturated carbocycles. The number of anilines is 1. The summed E-state index contributed by atoms with van der Waals surface area (Å²) in [5, 5.41) is 0. The molecule has 20 heavy (non-hydrogen) atoms. The maximum Gasteiger partial charge on any atom is 0.258 e. The van der Waals surface area contributed by atoms with Gasteiger partial charge in [-0.25, -0.2) is 0 Å². The Labute approximate surface area is 120 Å². The first kappa shape index (κ1) is 12.9. The number of amides is 1. The van der Waals surface area contributed by atoms with E-state index in [9.17, 15) is 4.79 Å².